The molecule has 1 saturated carbocycles. The first-order valence-electron chi connectivity index (χ1n) is 6.85. The number of rotatable bonds is 5. The Labute approximate surface area is 121 Å². The lowest BCUT2D eigenvalue weighted by Gasteiger charge is -2.09. The fraction of sp³-hybridized carbons (Fsp3) is 0.643. The summed E-state index contributed by atoms with van der Waals surface area (Å²) in [6.45, 7) is 11.0. The number of hydrogen-bond donors (Lipinski definition) is 2. The van der Waals surface area contributed by atoms with E-state index in [1.165, 1.54) is 12.3 Å². The van der Waals surface area contributed by atoms with Gasteiger partial charge in [0, 0.05) is 24.8 Å². The minimum absolute atomic E-state index is 0.0302. The van der Waals surface area contributed by atoms with E-state index in [0.29, 0.717) is 12.4 Å². The molecule has 0 atom stereocenters. The Morgan fingerprint density at radius 1 is 1.25 bits per heavy atom. The van der Waals surface area contributed by atoms with Crippen molar-refractivity contribution in [1.82, 2.24) is 9.71 Å². The van der Waals surface area contributed by atoms with E-state index in [1.54, 1.807) is 6.07 Å². The Morgan fingerprint density at radius 3 is 2.35 bits per heavy atom. The van der Waals surface area contributed by atoms with Gasteiger partial charge in [0.15, 0.2) is 0 Å². The van der Waals surface area contributed by atoms with E-state index in [2.05, 4.69) is 42.7 Å². The molecule has 1 aromatic rings. The molecule has 20 heavy (non-hydrogen) atoms. The summed E-state index contributed by atoms with van der Waals surface area (Å²) in [6.07, 6.45) is 1.51. The summed E-state index contributed by atoms with van der Waals surface area (Å²) in [4.78, 5) is 4.34. The van der Waals surface area contributed by atoms with Gasteiger partial charge in [-0.05, 0) is 23.8 Å². The molecular formula is C14H23N3O2S. The maximum atomic E-state index is 12.4. The topological polar surface area (TPSA) is 71.1 Å². The van der Waals surface area contributed by atoms with E-state index in [-0.39, 0.29) is 21.8 Å². The number of anilines is 1. The van der Waals surface area contributed by atoms with Crippen molar-refractivity contribution in [3.63, 3.8) is 0 Å². The predicted octanol–water partition coefficient (Wildman–Crippen LogP) is 2.23. The second-order valence-electron chi connectivity index (χ2n) is 6.40. The minimum atomic E-state index is -3.51. The summed E-state index contributed by atoms with van der Waals surface area (Å²) in [6, 6.07) is 3.04. The van der Waals surface area contributed by atoms with Crippen LogP contribution in [0.2, 0.25) is 0 Å². The van der Waals surface area contributed by atoms with E-state index < -0.39 is 10.0 Å². The van der Waals surface area contributed by atoms with Crippen LogP contribution in [-0.4, -0.2) is 26.0 Å². The number of sulfonamides is 1. The van der Waals surface area contributed by atoms with Gasteiger partial charge in [0.1, 0.15) is 5.82 Å². The van der Waals surface area contributed by atoms with Crippen LogP contribution in [0, 0.1) is 10.8 Å². The largest absolute Gasteiger partial charge is 0.370 e. The van der Waals surface area contributed by atoms with Gasteiger partial charge in [0.25, 0.3) is 0 Å². The molecule has 2 rings (SSSR count). The monoisotopic (exact) mass is 297 g/mol. The van der Waals surface area contributed by atoms with Crippen molar-refractivity contribution in [2.24, 2.45) is 10.8 Å². The Morgan fingerprint density at radius 2 is 1.85 bits per heavy atom. The van der Waals surface area contributed by atoms with Crippen LogP contribution in [0.5, 0.6) is 0 Å². The summed E-state index contributed by atoms with van der Waals surface area (Å²) >= 11 is 0. The molecule has 0 saturated heterocycles. The van der Waals surface area contributed by atoms with Gasteiger partial charge in [-0.3, -0.25) is 0 Å². The number of nitrogens with zero attached hydrogens (tertiary/aromatic N) is 1. The van der Waals surface area contributed by atoms with E-state index >= 15 is 0 Å². The quantitative estimate of drug-likeness (QED) is 0.874. The highest BCUT2D eigenvalue weighted by atomic mass is 32.2. The molecule has 0 amide bonds. The van der Waals surface area contributed by atoms with Crippen molar-refractivity contribution in [3.05, 3.63) is 18.3 Å². The van der Waals surface area contributed by atoms with Crippen LogP contribution in [0.25, 0.3) is 0 Å². The summed E-state index contributed by atoms with van der Waals surface area (Å²) in [5, 5.41) is 3.02. The maximum absolute atomic E-state index is 12.4. The van der Waals surface area contributed by atoms with Crippen LogP contribution in [0.4, 0.5) is 5.82 Å². The molecule has 2 N–H and O–H groups in total. The van der Waals surface area contributed by atoms with E-state index in [4.69, 9.17) is 0 Å². The zero-order valence-corrected chi connectivity index (χ0v) is 13.5. The number of hydrogen-bond acceptors (Lipinski definition) is 4. The summed E-state index contributed by atoms with van der Waals surface area (Å²) in [7, 11) is -3.51. The normalized spacial score (nSPS) is 20.6. The van der Waals surface area contributed by atoms with Gasteiger partial charge in [0.2, 0.25) is 10.0 Å². The van der Waals surface area contributed by atoms with Gasteiger partial charge in [-0.15, -0.1) is 0 Å². The van der Waals surface area contributed by atoms with Crippen molar-refractivity contribution in [3.8, 4) is 0 Å². The molecule has 0 unspecified atom stereocenters. The highest BCUT2D eigenvalue weighted by Crippen LogP contribution is 2.62. The Hall–Kier alpha value is -1.14. The average Bonchev–Trinajstić information content (AvgIpc) is 2.72. The summed E-state index contributed by atoms with van der Waals surface area (Å²) < 4.78 is 27.7. The third-order valence-electron chi connectivity index (χ3n) is 4.69. The molecule has 1 aliphatic rings. The van der Waals surface area contributed by atoms with E-state index in [1.807, 2.05) is 6.92 Å². The van der Waals surface area contributed by atoms with Crippen molar-refractivity contribution >= 4 is 15.8 Å². The van der Waals surface area contributed by atoms with Gasteiger partial charge in [0.05, 0.1) is 4.90 Å². The third kappa shape index (κ3) is 2.42. The molecule has 1 aliphatic carbocycles. The van der Waals surface area contributed by atoms with Crippen molar-refractivity contribution in [1.29, 1.82) is 0 Å². The number of nitrogens with one attached hydrogen (secondary N) is 2. The van der Waals surface area contributed by atoms with Gasteiger partial charge in [-0.25, -0.2) is 18.1 Å². The second-order valence-corrected chi connectivity index (χ2v) is 8.12. The Balaban J connectivity index is 2.22. The molecule has 112 valence electrons. The van der Waals surface area contributed by atoms with Crippen LogP contribution in [-0.2, 0) is 10.0 Å². The fourth-order valence-corrected chi connectivity index (χ4v) is 4.11. The van der Waals surface area contributed by atoms with Crippen LogP contribution in [0.3, 0.4) is 0 Å². The van der Waals surface area contributed by atoms with Gasteiger partial charge in [-0.2, -0.15) is 0 Å². The molecule has 1 fully saturated rings. The molecule has 0 aliphatic heterocycles. The molecule has 5 nitrogen and oxygen atoms in total. The molecule has 0 spiro atoms. The molecular weight excluding hydrogens is 274 g/mol. The van der Waals surface area contributed by atoms with Gasteiger partial charge in [-0.1, -0.05) is 27.7 Å². The first-order valence-corrected chi connectivity index (χ1v) is 8.33. The molecule has 1 heterocycles. The number of pyridine rings is 1. The molecule has 0 radical (unpaired) electrons. The SMILES string of the molecule is CCNc1cc(S(=O)(=O)NC2C(C)(C)C2(C)C)ccn1. The summed E-state index contributed by atoms with van der Waals surface area (Å²) in [5.41, 5.74) is -0.0603. The molecule has 0 aromatic carbocycles. The second kappa shape index (κ2) is 4.70. The highest BCUT2D eigenvalue weighted by Gasteiger charge is 2.66. The zero-order chi connectivity index (χ0) is 15.2. The van der Waals surface area contributed by atoms with Crippen molar-refractivity contribution in [2.75, 3.05) is 11.9 Å². The van der Waals surface area contributed by atoms with Gasteiger partial charge >= 0.3 is 0 Å². The first-order chi connectivity index (χ1) is 9.13. The van der Waals surface area contributed by atoms with Crippen LogP contribution < -0.4 is 10.0 Å². The lowest BCUT2D eigenvalue weighted by atomic mass is 10.0. The van der Waals surface area contributed by atoms with Crippen LogP contribution >= 0.6 is 0 Å². The smallest absolute Gasteiger partial charge is 0.241 e. The Bertz CT molecular complexity index is 595. The highest BCUT2D eigenvalue weighted by molar-refractivity contribution is 7.89. The zero-order valence-electron chi connectivity index (χ0n) is 12.7. The molecule has 1 aromatic heterocycles. The van der Waals surface area contributed by atoms with Gasteiger partial charge < -0.3 is 5.32 Å². The van der Waals surface area contributed by atoms with Crippen molar-refractivity contribution < 1.29 is 8.42 Å². The number of aromatic nitrogens is 1. The van der Waals surface area contributed by atoms with Crippen LogP contribution in [0.15, 0.2) is 23.2 Å². The lowest BCUT2D eigenvalue weighted by molar-refractivity contribution is 0.457. The standard InChI is InChI=1S/C14H23N3O2S/c1-6-15-11-9-10(7-8-16-11)20(18,19)17-12-13(2,3)14(12,4)5/h7-9,12,17H,6H2,1-5H3,(H,15,16). The fourth-order valence-electron chi connectivity index (χ4n) is 2.57. The average molecular weight is 297 g/mol. The van der Waals surface area contributed by atoms with E-state index in [9.17, 15) is 8.42 Å². The van der Waals surface area contributed by atoms with E-state index in [0.717, 1.165) is 0 Å². The van der Waals surface area contributed by atoms with Crippen LogP contribution in [0.1, 0.15) is 34.6 Å². The predicted molar refractivity (Wildman–Crippen MR) is 80.1 cm³/mol. The third-order valence-corrected chi connectivity index (χ3v) is 6.11. The Kier molecular flexibility index (Phi) is 3.59. The maximum Gasteiger partial charge on any atom is 0.241 e. The minimum Gasteiger partial charge on any atom is -0.370 e. The molecule has 0 bridgehead atoms. The molecule has 6 heteroatoms. The first kappa shape index (κ1) is 15.3. The lowest BCUT2D eigenvalue weighted by Crippen LogP contribution is -2.30. The summed E-state index contributed by atoms with van der Waals surface area (Å²) in [5.74, 6) is 0.574. The van der Waals surface area contributed by atoms with Crippen molar-refractivity contribution in [2.45, 2.75) is 45.6 Å².